The number of fused-ring (bicyclic) bond motifs is 1. The Labute approximate surface area is 160 Å². The molecule has 4 rings (SSSR count). The number of anilines is 1. The second-order valence-electron chi connectivity index (χ2n) is 7.52. The van der Waals surface area contributed by atoms with E-state index in [1.165, 1.54) is 11.3 Å². The molecule has 0 bridgehead atoms. The Kier molecular flexibility index (Phi) is 4.38. The van der Waals surface area contributed by atoms with Crippen LogP contribution in [0.3, 0.4) is 0 Å². The van der Waals surface area contributed by atoms with Crippen molar-refractivity contribution in [2.24, 2.45) is 11.7 Å². The minimum absolute atomic E-state index is 0.120. The number of primary amides is 1. The van der Waals surface area contributed by atoms with Crippen LogP contribution in [0.1, 0.15) is 37.7 Å². The molecule has 7 nitrogen and oxygen atoms in total. The number of carbonyl (C=O) groups excluding carboxylic acids is 3. The summed E-state index contributed by atoms with van der Waals surface area (Å²) in [7, 11) is 0. The first-order valence-electron chi connectivity index (χ1n) is 9.17. The summed E-state index contributed by atoms with van der Waals surface area (Å²) in [5, 5.41) is 3.46. The monoisotopic (exact) mass is 386 g/mol. The third kappa shape index (κ3) is 3.18. The van der Waals surface area contributed by atoms with Crippen molar-refractivity contribution in [3.63, 3.8) is 0 Å². The second-order valence-corrected chi connectivity index (χ2v) is 8.52. The van der Waals surface area contributed by atoms with E-state index in [0.29, 0.717) is 18.0 Å². The summed E-state index contributed by atoms with van der Waals surface area (Å²) < 4.78 is 1.02. The smallest absolute Gasteiger partial charge is 0.243 e. The molecule has 27 heavy (non-hydrogen) atoms. The van der Waals surface area contributed by atoms with E-state index >= 15 is 0 Å². The number of thiazole rings is 1. The lowest BCUT2D eigenvalue weighted by atomic mass is 9.95. The number of rotatable bonds is 4. The van der Waals surface area contributed by atoms with Crippen LogP contribution >= 0.6 is 11.3 Å². The summed E-state index contributed by atoms with van der Waals surface area (Å²) in [4.78, 5) is 43.2. The average molecular weight is 386 g/mol. The first-order valence-corrected chi connectivity index (χ1v) is 9.99. The molecule has 142 valence electrons. The molecule has 1 aliphatic heterocycles. The summed E-state index contributed by atoms with van der Waals surface area (Å²) >= 11 is 1.45. The van der Waals surface area contributed by atoms with Gasteiger partial charge in [0.2, 0.25) is 17.7 Å². The summed E-state index contributed by atoms with van der Waals surface area (Å²) in [6, 6.07) is 5.96. The molecule has 2 aromatic rings. The third-order valence-electron chi connectivity index (χ3n) is 5.55. The Morgan fingerprint density at radius 1 is 1.33 bits per heavy atom. The highest BCUT2D eigenvalue weighted by molar-refractivity contribution is 7.22. The lowest BCUT2D eigenvalue weighted by molar-refractivity contribution is -0.133. The number of hydrogen-bond acceptors (Lipinski definition) is 5. The Morgan fingerprint density at radius 2 is 2.07 bits per heavy atom. The van der Waals surface area contributed by atoms with Crippen LogP contribution in [0.4, 0.5) is 5.13 Å². The van der Waals surface area contributed by atoms with Crippen LogP contribution in [0.15, 0.2) is 18.2 Å². The highest BCUT2D eigenvalue weighted by Gasteiger charge is 2.44. The van der Waals surface area contributed by atoms with Gasteiger partial charge >= 0.3 is 0 Å². The van der Waals surface area contributed by atoms with Gasteiger partial charge in [0.05, 0.1) is 16.1 Å². The number of nitrogens with one attached hydrogen (secondary N) is 1. The van der Waals surface area contributed by atoms with E-state index in [1.54, 1.807) is 4.90 Å². The fraction of sp³-hybridized carbons (Fsp3) is 0.474. The number of amides is 3. The zero-order valence-electron chi connectivity index (χ0n) is 15.2. The molecular weight excluding hydrogens is 364 g/mol. The lowest BCUT2D eigenvalue weighted by Crippen LogP contribution is -2.57. The van der Waals surface area contributed by atoms with Crippen molar-refractivity contribution in [3.05, 3.63) is 23.8 Å². The molecule has 2 aliphatic rings. The average Bonchev–Trinajstić information content (AvgIpc) is 3.32. The van der Waals surface area contributed by atoms with Crippen LogP contribution in [0.25, 0.3) is 10.2 Å². The van der Waals surface area contributed by atoms with Gasteiger partial charge < -0.3 is 11.1 Å². The molecule has 0 spiro atoms. The fourth-order valence-corrected chi connectivity index (χ4v) is 5.04. The molecule has 3 N–H and O–H groups in total. The van der Waals surface area contributed by atoms with Crippen LogP contribution in [-0.4, -0.2) is 34.8 Å². The topological polar surface area (TPSA) is 105 Å². The molecule has 1 unspecified atom stereocenters. The summed E-state index contributed by atoms with van der Waals surface area (Å²) in [6.45, 7) is 2.29. The van der Waals surface area contributed by atoms with E-state index in [1.807, 2.05) is 25.1 Å². The number of aryl methyl sites for hydroxylation is 1. The molecule has 0 radical (unpaired) electrons. The van der Waals surface area contributed by atoms with E-state index in [0.717, 1.165) is 28.6 Å². The summed E-state index contributed by atoms with van der Waals surface area (Å²) in [5.74, 6) is -1.38. The van der Waals surface area contributed by atoms with E-state index in [4.69, 9.17) is 5.73 Å². The minimum atomic E-state index is -0.957. The molecule has 1 aromatic carbocycles. The van der Waals surface area contributed by atoms with E-state index in [2.05, 4.69) is 10.3 Å². The Hall–Kier alpha value is -2.48. The van der Waals surface area contributed by atoms with Crippen LogP contribution < -0.4 is 16.0 Å². The number of hydrogen-bond donors (Lipinski definition) is 2. The summed E-state index contributed by atoms with van der Waals surface area (Å²) in [6.07, 6.45) is 2.98. The first kappa shape index (κ1) is 17.9. The number of carbonyl (C=O) groups is 3. The Bertz CT molecular complexity index is 932. The molecule has 1 saturated heterocycles. The van der Waals surface area contributed by atoms with Crippen molar-refractivity contribution in [1.82, 2.24) is 10.3 Å². The van der Waals surface area contributed by atoms with Gasteiger partial charge in [-0.05, 0) is 37.5 Å². The van der Waals surface area contributed by atoms with Crippen molar-refractivity contribution in [2.45, 2.75) is 44.6 Å². The van der Waals surface area contributed by atoms with Gasteiger partial charge in [-0.3, -0.25) is 19.3 Å². The van der Waals surface area contributed by atoms with Crippen LogP contribution in [-0.2, 0) is 14.4 Å². The van der Waals surface area contributed by atoms with Crippen molar-refractivity contribution >= 4 is 44.4 Å². The van der Waals surface area contributed by atoms with Crippen molar-refractivity contribution < 1.29 is 14.4 Å². The molecule has 2 fully saturated rings. The van der Waals surface area contributed by atoms with Gasteiger partial charge in [0, 0.05) is 13.0 Å². The molecule has 2 heterocycles. The van der Waals surface area contributed by atoms with E-state index in [9.17, 15) is 14.4 Å². The van der Waals surface area contributed by atoms with Gasteiger partial charge in [0.15, 0.2) is 5.13 Å². The third-order valence-corrected chi connectivity index (χ3v) is 6.59. The maximum absolute atomic E-state index is 12.7. The number of nitrogens with two attached hydrogens (primary N) is 1. The molecule has 1 aliphatic carbocycles. The highest BCUT2D eigenvalue weighted by atomic mass is 32.1. The second kappa shape index (κ2) is 6.60. The molecule has 1 aromatic heterocycles. The normalized spacial score (nSPS) is 21.7. The Balaban J connectivity index is 1.51. The van der Waals surface area contributed by atoms with Crippen molar-refractivity contribution in [2.75, 3.05) is 11.4 Å². The quantitative estimate of drug-likeness (QED) is 0.837. The highest BCUT2D eigenvalue weighted by Crippen LogP contribution is 2.34. The number of nitrogens with zero attached hydrogens (tertiary/aromatic N) is 2. The van der Waals surface area contributed by atoms with Crippen LogP contribution in [0.2, 0.25) is 0 Å². The molecular formula is C19H22N4O3S. The van der Waals surface area contributed by atoms with E-state index < -0.39 is 17.4 Å². The van der Waals surface area contributed by atoms with Crippen molar-refractivity contribution in [1.29, 1.82) is 0 Å². The predicted molar refractivity (Wildman–Crippen MR) is 103 cm³/mol. The number of benzene rings is 1. The lowest BCUT2D eigenvalue weighted by Gasteiger charge is -2.28. The molecule has 3 amide bonds. The fourth-order valence-electron chi connectivity index (χ4n) is 3.95. The largest absolute Gasteiger partial charge is 0.368 e. The SMILES string of the molecule is Cc1ccc2nc(N3CC(C(=O)NC4(C(N)=O)CCCC4)CC3=O)sc2c1. The predicted octanol–water partition coefficient (Wildman–Crippen LogP) is 1.87. The van der Waals surface area contributed by atoms with Crippen LogP contribution in [0, 0.1) is 12.8 Å². The zero-order chi connectivity index (χ0) is 19.2. The maximum atomic E-state index is 12.7. The van der Waals surface area contributed by atoms with Crippen LogP contribution in [0.5, 0.6) is 0 Å². The van der Waals surface area contributed by atoms with Gasteiger partial charge in [-0.25, -0.2) is 4.98 Å². The summed E-state index contributed by atoms with van der Waals surface area (Å²) in [5.41, 5.74) is 6.57. The molecule has 1 atom stereocenters. The Morgan fingerprint density at radius 3 is 2.78 bits per heavy atom. The van der Waals surface area contributed by atoms with Gasteiger partial charge in [-0.15, -0.1) is 0 Å². The zero-order valence-corrected chi connectivity index (χ0v) is 16.0. The molecule has 8 heteroatoms. The number of aromatic nitrogens is 1. The first-order chi connectivity index (χ1) is 12.9. The minimum Gasteiger partial charge on any atom is -0.368 e. The van der Waals surface area contributed by atoms with Gasteiger partial charge in [0.25, 0.3) is 0 Å². The van der Waals surface area contributed by atoms with Gasteiger partial charge in [-0.2, -0.15) is 0 Å². The van der Waals surface area contributed by atoms with Crippen molar-refractivity contribution in [3.8, 4) is 0 Å². The van der Waals surface area contributed by atoms with E-state index in [-0.39, 0.29) is 24.8 Å². The standard InChI is InChI=1S/C19H22N4O3S/c1-11-4-5-13-14(8-11)27-18(21-13)23-10-12(9-15(23)24)16(25)22-19(17(20)26)6-2-3-7-19/h4-5,8,12H,2-3,6-7,9-10H2,1H3,(H2,20,26)(H,22,25). The molecule has 1 saturated carbocycles. The van der Waals surface area contributed by atoms with Gasteiger partial charge in [0.1, 0.15) is 5.54 Å². The maximum Gasteiger partial charge on any atom is 0.243 e. The van der Waals surface area contributed by atoms with Gasteiger partial charge in [-0.1, -0.05) is 30.2 Å².